The molecule has 0 fully saturated rings. The fraction of sp³-hybridized carbons (Fsp3) is 0. The molecule has 0 saturated heterocycles. The first-order chi connectivity index (χ1) is 27.7. The summed E-state index contributed by atoms with van der Waals surface area (Å²) in [5.74, 6) is 2.53. The van der Waals surface area contributed by atoms with Crippen LogP contribution in [0, 0.1) is 0 Å². The van der Waals surface area contributed by atoms with Gasteiger partial charge in [-0.2, -0.15) is 0 Å². The van der Waals surface area contributed by atoms with Gasteiger partial charge < -0.3 is 4.42 Å². The molecule has 0 aliphatic heterocycles. The lowest BCUT2D eigenvalue weighted by molar-refractivity contribution is 0.669. The Morgan fingerprint density at radius 2 is 0.929 bits per heavy atom. The lowest BCUT2D eigenvalue weighted by atomic mass is 9.97. The van der Waals surface area contributed by atoms with E-state index >= 15 is 0 Å². The summed E-state index contributed by atoms with van der Waals surface area (Å²) in [6.07, 6.45) is 1.93. The molecule has 0 aliphatic rings. The van der Waals surface area contributed by atoms with E-state index < -0.39 is 0 Å². The minimum atomic E-state index is 0.597. The van der Waals surface area contributed by atoms with Gasteiger partial charge in [0, 0.05) is 49.7 Å². The minimum Gasteiger partial charge on any atom is -0.456 e. The summed E-state index contributed by atoms with van der Waals surface area (Å²) in [6, 6.07) is 61.5. The molecule has 0 amide bonds. The Labute approximate surface area is 327 Å². The molecule has 7 aromatic carbocycles. The third-order valence-electron chi connectivity index (χ3n) is 9.68. The highest BCUT2D eigenvalue weighted by Gasteiger charge is 2.18. The molecule has 10 rings (SSSR count). The van der Waals surface area contributed by atoms with Crippen LogP contribution in [0.15, 0.2) is 202 Å². The third kappa shape index (κ3) is 6.50. The summed E-state index contributed by atoms with van der Waals surface area (Å²) >= 11 is 1.66. The maximum Gasteiger partial charge on any atom is 0.164 e. The zero-order valence-electron chi connectivity index (χ0n) is 30.0. The van der Waals surface area contributed by atoms with E-state index in [1.54, 1.807) is 11.8 Å². The van der Waals surface area contributed by atoms with E-state index in [1.807, 2.05) is 140 Å². The summed E-state index contributed by atoms with van der Waals surface area (Å²) in [4.78, 5) is 26.9. The number of aromatic nitrogens is 5. The molecule has 0 bridgehead atoms. The number of furan rings is 1. The summed E-state index contributed by atoms with van der Waals surface area (Å²) in [5.41, 5.74) is 9.36. The van der Waals surface area contributed by atoms with Gasteiger partial charge in [-0.15, -0.1) is 0 Å². The van der Waals surface area contributed by atoms with Crippen molar-refractivity contribution in [2.45, 2.75) is 9.79 Å². The van der Waals surface area contributed by atoms with Gasteiger partial charge >= 0.3 is 0 Å². The molecule has 10 aromatic rings. The quantitative estimate of drug-likeness (QED) is 0.154. The van der Waals surface area contributed by atoms with Crippen molar-refractivity contribution in [1.82, 2.24) is 24.9 Å². The molecule has 0 aliphatic carbocycles. The monoisotopic (exact) mass is 737 g/mol. The van der Waals surface area contributed by atoms with E-state index in [9.17, 15) is 0 Å². The molecule has 7 heteroatoms. The third-order valence-corrected chi connectivity index (χ3v) is 10.7. The van der Waals surface area contributed by atoms with Crippen molar-refractivity contribution in [1.29, 1.82) is 0 Å². The van der Waals surface area contributed by atoms with Gasteiger partial charge in [-0.3, -0.25) is 0 Å². The van der Waals surface area contributed by atoms with Crippen molar-refractivity contribution in [3.63, 3.8) is 0 Å². The van der Waals surface area contributed by atoms with E-state index in [2.05, 4.69) is 48.5 Å². The fourth-order valence-electron chi connectivity index (χ4n) is 6.95. The van der Waals surface area contributed by atoms with E-state index in [0.717, 1.165) is 76.4 Å². The predicted molar refractivity (Wildman–Crippen MR) is 226 cm³/mol. The molecule has 3 aromatic heterocycles. The van der Waals surface area contributed by atoms with Gasteiger partial charge in [-0.1, -0.05) is 157 Å². The van der Waals surface area contributed by atoms with Crippen LogP contribution in [0.25, 0.3) is 89.9 Å². The van der Waals surface area contributed by atoms with Crippen molar-refractivity contribution in [2.75, 3.05) is 0 Å². The van der Waals surface area contributed by atoms with Crippen LogP contribution in [0.4, 0.5) is 0 Å². The van der Waals surface area contributed by atoms with Gasteiger partial charge in [-0.05, 0) is 47.5 Å². The smallest absolute Gasteiger partial charge is 0.164 e. The van der Waals surface area contributed by atoms with Crippen molar-refractivity contribution in [3.8, 4) is 67.9 Å². The molecule has 0 atom stereocenters. The van der Waals surface area contributed by atoms with Gasteiger partial charge in [0.1, 0.15) is 11.2 Å². The highest BCUT2D eigenvalue weighted by Crippen LogP contribution is 2.40. The Bertz CT molecular complexity index is 2920. The standard InChI is InChI=1S/C49H31N5OS/c1-5-14-34(15-6-1)46-50-31-43(56-38-20-11-4-12-21-38)45(51-46)33-26-24-32(25-27-33)39-22-13-23-42-44(39)40-30-37(28-29-41(40)55-42)49-53-47(35-16-7-2-8-17-35)52-48(54-49)36-18-9-3-10-19-36/h1-31H. The molecule has 264 valence electrons. The lowest BCUT2D eigenvalue weighted by Gasteiger charge is -2.12. The van der Waals surface area contributed by atoms with Crippen LogP contribution in [-0.2, 0) is 0 Å². The SMILES string of the molecule is c1ccc(Sc2cnc(-c3ccccc3)nc2-c2ccc(-c3cccc4oc5ccc(-c6nc(-c7ccccc7)nc(-c7ccccc7)n6)cc5c34)cc2)cc1. The Hall–Kier alpha value is -7.22. The van der Waals surface area contributed by atoms with Crippen LogP contribution < -0.4 is 0 Å². The second-order valence-corrected chi connectivity index (χ2v) is 14.4. The van der Waals surface area contributed by atoms with Gasteiger partial charge in [0.25, 0.3) is 0 Å². The van der Waals surface area contributed by atoms with Crippen LogP contribution in [-0.4, -0.2) is 24.9 Å². The van der Waals surface area contributed by atoms with E-state index in [0.29, 0.717) is 23.3 Å². The Balaban J connectivity index is 1.06. The summed E-state index contributed by atoms with van der Waals surface area (Å²) in [6.45, 7) is 0. The van der Waals surface area contributed by atoms with Crippen LogP contribution in [0.2, 0.25) is 0 Å². The molecule has 3 heterocycles. The molecule has 0 spiro atoms. The molecule has 0 saturated carbocycles. The van der Waals surface area contributed by atoms with Crippen molar-refractivity contribution in [2.24, 2.45) is 0 Å². The maximum atomic E-state index is 6.44. The van der Waals surface area contributed by atoms with E-state index in [1.165, 1.54) is 0 Å². The Kier molecular flexibility index (Phi) is 8.67. The minimum absolute atomic E-state index is 0.597. The Morgan fingerprint density at radius 1 is 0.393 bits per heavy atom. The summed E-state index contributed by atoms with van der Waals surface area (Å²) < 4.78 is 6.44. The molecule has 0 N–H and O–H groups in total. The maximum absolute atomic E-state index is 6.44. The van der Waals surface area contributed by atoms with Crippen LogP contribution in [0.3, 0.4) is 0 Å². The highest BCUT2D eigenvalue weighted by molar-refractivity contribution is 7.99. The predicted octanol–water partition coefficient (Wildman–Crippen LogP) is 12.7. The molecule has 6 nitrogen and oxygen atoms in total. The zero-order chi connectivity index (χ0) is 37.3. The number of hydrogen-bond acceptors (Lipinski definition) is 7. The van der Waals surface area contributed by atoms with Gasteiger partial charge in [0.2, 0.25) is 0 Å². The second kappa shape index (κ2) is 14.5. The number of fused-ring (bicyclic) bond motifs is 3. The average Bonchev–Trinajstić information content (AvgIpc) is 3.66. The molecule has 0 radical (unpaired) electrons. The van der Waals surface area contributed by atoms with Crippen molar-refractivity contribution in [3.05, 3.63) is 188 Å². The summed E-state index contributed by atoms with van der Waals surface area (Å²) in [5, 5.41) is 2.02. The number of benzene rings is 7. The largest absolute Gasteiger partial charge is 0.456 e. The topological polar surface area (TPSA) is 77.6 Å². The van der Waals surface area contributed by atoms with Crippen LogP contribution in [0.1, 0.15) is 0 Å². The first kappa shape index (κ1) is 33.4. The fourth-order valence-corrected chi connectivity index (χ4v) is 7.86. The molecular formula is C49H31N5OS. The van der Waals surface area contributed by atoms with Crippen molar-refractivity contribution >= 4 is 33.7 Å². The Morgan fingerprint density at radius 3 is 1.55 bits per heavy atom. The van der Waals surface area contributed by atoms with Gasteiger partial charge in [-0.25, -0.2) is 24.9 Å². The van der Waals surface area contributed by atoms with Crippen LogP contribution >= 0.6 is 11.8 Å². The van der Waals surface area contributed by atoms with Gasteiger partial charge in [0.05, 0.1) is 10.6 Å². The highest BCUT2D eigenvalue weighted by atomic mass is 32.2. The summed E-state index contributed by atoms with van der Waals surface area (Å²) in [7, 11) is 0. The van der Waals surface area contributed by atoms with E-state index in [-0.39, 0.29) is 0 Å². The lowest BCUT2D eigenvalue weighted by Crippen LogP contribution is -2.00. The average molecular weight is 738 g/mol. The molecule has 56 heavy (non-hydrogen) atoms. The van der Waals surface area contributed by atoms with Crippen LogP contribution in [0.5, 0.6) is 0 Å². The van der Waals surface area contributed by atoms with Crippen molar-refractivity contribution < 1.29 is 4.42 Å². The first-order valence-corrected chi connectivity index (χ1v) is 19.1. The number of hydrogen-bond donors (Lipinski definition) is 0. The van der Waals surface area contributed by atoms with E-state index in [4.69, 9.17) is 29.3 Å². The molecular weight excluding hydrogens is 707 g/mol. The normalized spacial score (nSPS) is 11.3. The molecule has 0 unspecified atom stereocenters. The zero-order valence-corrected chi connectivity index (χ0v) is 30.8. The number of nitrogens with zero attached hydrogens (tertiary/aromatic N) is 5. The first-order valence-electron chi connectivity index (χ1n) is 18.3. The van der Waals surface area contributed by atoms with Gasteiger partial charge in [0.15, 0.2) is 23.3 Å². The second-order valence-electron chi connectivity index (χ2n) is 13.3. The number of rotatable bonds is 8.